The van der Waals surface area contributed by atoms with Gasteiger partial charge >= 0.3 is 0 Å². The molecule has 4 heterocycles. The zero-order valence-corrected chi connectivity index (χ0v) is 30.8. The molecule has 3 aliphatic heterocycles. The predicted molar refractivity (Wildman–Crippen MR) is 199 cm³/mol. The maximum atomic E-state index is 11.9. The lowest BCUT2D eigenvalue weighted by molar-refractivity contribution is -0.189. The number of hydrogen-bond donors (Lipinski definition) is 0. The first-order valence-electron chi connectivity index (χ1n) is 17.4. The fraction of sp³-hybridized carbons (Fsp3) is 0.395. The third-order valence-electron chi connectivity index (χ3n) is 9.75. The molecule has 3 aliphatic rings. The van der Waals surface area contributed by atoms with Crippen molar-refractivity contribution in [2.24, 2.45) is 0 Å². The lowest BCUT2D eigenvalue weighted by atomic mass is 10.1. The minimum Gasteiger partial charge on any atom is -0.487 e. The Kier molecular flexibility index (Phi) is 10.8. The summed E-state index contributed by atoms with van der Waals surface area (Å²) in [6, 6.07) is 19.1. The van der Waals surface area contributed by atoms with Crippen LogP contribution in [0.3, 0.4) is 0 Å². The average Bonchev–Trinajstić information content (AvgIpc) is 3.82. The maximum absolute atomic E-state index is 11.9. The Morgan fingerprint density at radius 1 is 0.827 bits per heavy atom. The molecular formula is C38H42Cl2N6O6. The maximum Gasteiger partial charge on any atom is 0.219 e. The van der Waals surface area contributed by atoms with E-state index in [2.05, 4.69) is 14.8 Å². The van der Waals surface area contributed by atoms with Crippen LogP contribution in [0, 0.1) is 0 Å². The third-order valence-corrected chi connectivity index (χ3v) is 10.3. The summed E-state index contributed by atoms with van der Waals surface area (Å²) in [6.07, 6.45) is 4.82. The van der Waals surface area contributed by atoms with Crippen molar-refractivity contribution in [2.75, 3.05) is 75.4 Å². The SMILES string of the molecule is CC(=O)N1CCN(c2ccc(Oc3cc(N4CCN(C(C)=O)CC4)ccc3OCC3COC(Cn4ccnc4)(c4ccc(Cl)cc4Cl)O3)cc2)CC1. The van der Waals surface area contributed by atoms with Crippen molar-refractivity contribution in [3.8, 4) is 17.2 Å². The van der Waals surface area contributed by atoms with Crippen LogP contribution in [0.1, 0.15) is 19.4 Å². The molecule has 2 atom stereocenters. The van der Waals surface area contributed by atoms with Gasteiger partial charge in [0.1, 0.15) is 18.5 Å². The van der Waals surface area contributed by atoms with Crippen LogP contribution in [-0.2, 0) is 31.4 Å². The summed E-state index contributed by atoms with van der Waals surface area (Å²) >= 11 is 12.9. The summed E-state index contributed by atoms with van der Waals surface area (Å²) in [5.41, 5.74) is 2.71. The van der Waals surface area contributed by atoms with E-state index < -0.39 is 11.9 Å². The zero-order chi connectivity index (χ0) is 36.2. The van der Waals surface area contributed by atoms with E-state index in [1.807, 2.05) is 69.1 Å². The predicted octanol–water partition coefficient (Wildman–Crippen LogP) is 5.67. The number of carbonyl (C=O) groups excluding carboxylic acids is 2. The minimum atomic E-state index is -1.18. The fourth-order valence-electron chi connectivity index (χ4n) is 6.86. The van der Waals surface area contributed by atoms with Crippen molar-refractivity contribution in [1.82, 2.24) is 19.4 Å². The summed E-state index contributed by atoms with van der Waals surface area (Å²) < 4.78 is 27.8. The Labute approximate surface area is 313 Å². The van der Waals surface area contributed by atoms with Gasteiger partial charge in [0, 0.05) is 107 Å². The molecule has 4 aromatic rings. The monoisotopic (exact) mass is 748 g/mol. The number of anilines is 2. The third kappa shape index (κ3) is 8.10. The molecule has 1 aromatic heterocycles. The molecule has 0 spiro atoms. The first kappa shape index (κ1) is 35.9. The normalized spacial score (nSPS) is 20.7. The molecule has 3 fully saturated rings. The van der Waals surface area contributed by atoms with Crippen molar-refractivity contribution in [2.45, 2.75) is 32.3 Å². The van der Waals surface area contributed by atoms with Gasteiger partial charge in [-0.25, -0.2) is 4.98 Å². The molecule has 0 saturated carbocycles. The first-order chi connectivity index (χ1) is 25.2. The largest absolute Gasteiger partial charge is 0.487 e. The standard InChI is InChI=1S/C38H42Cl2N6O6/c1-27(47)43-13-17-45(18-14-43)30-4-7-32(8-5-30)51-37-22-31(46-19-15-44(16-20-46)28(2)48)6-10-36(37)49-23-33-24-50-38(52-33,25-42-12-11-41-26-42)34-9-3-29(39)21-35(34)40/h3-12,21-22,26,33H,13-20,23-25H2,1-2H3. The molecule has 7 rings (SSSR count). The van der Waals surface area contributed by atoms with Crippen LogP contribution in [0.5, 0.6) is 17.2 Å². The molecule has 0 aliphatic carbocycles. The molecular weight excluding hydrogens is 707 g/mol. The van der Waals surface area contributed by atoms with Crippen LogP contribution in [-0.4, -0.2) is 103 Å². The van der Waals surface area contributed by atoms with Crippen LogP contribution in [0.15, 0.2) is 79.4 Å². The first-order valence-corrected chi connectivity index (χ1v) is 18.2. The average molecular weight is 750 g/mol. The highest BCUT2D eigenvalue weighted by atomic mass is 35.5. The number of carbonyl (C=O) groups is 2. The number of nitrogens with zero attached hydrogens (tertiary/aromatic N) is 6. The second-order valence-electron chi connectivity index (χ2n) is 13.2. The van der Waals surface area contributed by atoms with Gasteiger partial charge in [-0.15, -0.1) is 0 Å². The number of hydrogen-bond acceptors (Lipinski definition) is 9. The summed E-state index contributed by atoms with van der Waals surface area (Å²) in [5, 5.41) is 0.956. The van der Waals surface area contributed by atoms with Crippen LogP contribution < -0.4 is 19.3 Å². The van der Waals surface area contributed by atoms with Crippen molar-refractivity contribution in [3.05, 3.63) is 95.0 Å². The van der Waals surface area contributed by atoms with E-state index in [4.69, 9.17) is 42.1 Å². The smallest absolute Gasteiger partial charge is 0.219 e. The highest BCUT2D eigenvalue weighted by Crippen LogP contribution is 2.42. The van der Waals surface area contributed by atoms with E-state index in [0.29, 0.717) is 78.7 Å². The lowest BCUT2D eigenvalue weighted by Crippen LogP contribution is -2.48. The molecule has 2 amide bonds. The number of imidazole rings is 1. The Morgan fingerprint density at radius 3 is 2.10 bits per heavy atom. The van der Waals surface area contributed by atoms with Crippen molar-refractivity contribution in [3.63, 3.8) is 0 Å². The second kappa shape index (κ2) is 15.6. The molecule has 12 nitrogen and oxygen atoms in total. The van der Waals surface area contributed by atoms with E-state index in [0.717, 1.165) is 24.5 Å². The van der Waals surface area contributed by atoms with Gasteiger partial charge in [-0.3, -0.25) is 9.59 Å². The van der Waals surface area contributed by atoms with Crippen LogP contribution >= 0.6 is 23.2 Å². The summed E-state index contributed by atoms with van der Waals surface area (Å²) in [5.74, 6) is 0.779. The number of rotatable bonds is 10. The van der Waals surface area contributed by atoms with E-state index >= 15 is 0 Å². The van der Waals surface area contributed by atoms with E-state index in [1.165, 1.54) is 0 Å². The highest BCUT2D eigenvalue weighted by molar-refractivity contribution is 6.35. The quantitative estimate of drug-likeness (QED) is 0.203. The van der Waals surface area contributed by atoms with E-state index in [9.17, 15) is 9.59 Å². The highest BCUT2D eigenvalue weighted by Gasteiger charge is 2.45. The number of benzene rings is 3. The number of ether oxygens (including phenoxy) is 4. The van der Waals surface area contributed by atoms with Crippen molar-refractivity contribution in [1.29, 1.82) is 0 Å². The van der Waals surface area contributed by atoms with Crippen LogP contribution in [0.4, 0.5) is 11.4 Å². The Balaban J connectivity index is 1.08. The van der Waals surface area contributed by atoms with Crippen molar-refractivity contribution >= 4 is 46.4 Å². The molecule has 0 bridgehead atoms. The zero-order valence-electron chi connectivity index (χ0n) is 29.2. The lowest BCUT2D eigenvalue weighted by Gasteiger charge is -2.36. The topological polar surface area (TPSA) is 102 Å². The summed E-state index contributed by atoms with van der Waals surface area (Å²) in [7, 11) is 0. The fourth-order valence-corrected chi connectivity index (χ4v) is 7.41. The van der Waals surface area contributed by atoms with Crippen LogP contribution in [0.25, 0.3) is 0 Å². The molecule has 0 radical (unpaired) electrons. The van der Waals surface area contributed by atoms with E-state index in [1.54, 1.807) is 38.5 Å². The number of amides is 2. The van der Waals surface area contributed by atoms with Gasteiger partial charge in [-0.05, 0) is 48.5 Å². The Hall–Kier alpha value is -4.49. The summed E-state index contributed by atoms with van der Waals surface area (Å²) in [4.78, 5) is 36.1. The molecule has 0 N–H and O–H groups in total. The second-order valence-corrected chi connectivity index (χ2v) is 14.0. The van der Waals surface area contributed by atoms with Gasteiger partial charge in [-0.2, -0.15) is 0 Å². The van der Waals surface area contributed by atoms with Gasteiger partial charge in [0.25, 0.3) is 0 Å². The number of piperazine rings is 2. The van der Waals surface area contributed by atoms with Gasteiger partial charge < -0.3 is 43.1 Å². The molecule has 3 aromatic carbocycles. The molecule has 52 heavy (non-hydrogen) atoms. The molecule has 274 valence electrons. The van der Waals surface area contributed by atoms with E-state index in [-0.39, 0.29) is 25.0 Å². The van der Waals surface area contributed by atoms with Gasteiger partial charge in [-0.1, -0.05) is 29.3 Å². The molecule has 14 heteroatoms. The van der Waals surface area contributed by atoms with Crippen molar-refractivity contribution < 1.29 is 28.5 Å². The number of aromatic nitrogens is 2. The minimum absolute atomic E-state index is 0.0853. The molecule has 2 unspecified atom stereocenters. The Morgan fingerprint density at radius 2 is 1.48 bits per heavy atom. The summed E-state index contributed by atoms with van der Waals surface area (Å²) in [6.45, 7) is 9.70. The Bertz CT molecular complexity index is 1860. The van der Waals surface area contributed by atoms with Gasteiger partial charge in [0.15, 0.2) is 11.5 Å². The number of halogens is 2. The molecule has 3 saturated heterocycles. The van der Waals surface area contributed by atoms with Crippen LogP contribution in [0.2, 0.25) is 10.0 Å². The van der Waals surface area contributed by atoms with Gasteiger partial charge in [0.05, 0.1) is 24.5 Å². The van der Waals surface area contributed by atoms with Gasteiger partial charge in [0.2, 0.25) is 17.6 Å².